The third-order valence-electron chi connectivity index (χ3n) is 3.55. The molecule has 0 radical (unpaired) electrons. The molecule has 3 atom stereocenters. The third kappa shape index (κ3) is 2.48. The number of urea groups is 1. The van der Waals surface area contributed by atoms with Gasteiger partial charge in [-0.25, -0.2) is 9.59 Å². The van der Waals surface area contributed by atoms with Gasteiger partial charge in [-0.05, 0) is 6.92 Å². The number of aliphatic carboxylic acids is 1. The Labute approximate surface area is 110 Å². The molecule has 106 valence electrons. The third-order valence-corrected chi connectivity index (χ3v) is 3.55. The number of amides is 3. The van der Waals surface area contributed by atoms with Gasteiger partial charge >= 0.3 is 12.0 Å². The highest BCUT2D eigenvalue weighted by molar-refractivity contribution is 5.90. The molecular weight excluding hydrogens is 254 g/mol. The van der Waals surface area contributed by atoms with Crippen molar-refractivity contribution in [3.8, 4) is 0 Å². The Bertz CT molecular complexity index is 413. The smallest absolute Gasteiger partial charge is 0.326 e. The van der Waals surface area contributed by atoms with Crippen molar-refractivity contribution in [2.24, 2.45) is 0 Å². The fourth-order valence-electron chi connectivity index (χ4n) is 2.47. The lowest BCUT2D eigenvalue weighted by atomic mass is 10.2. The zero-order valence-corrected chi connectivity index (χ0v) is 10.6. The maximum Gasteiger partial charge on any atom is 0.326 e. The van der Waals surface area contributed by atoms with Crippen molar-refractivity contribution >= 4 is 17.9 Å². The van der Waals surface area contributed by atoms with E-state index in [0.29, 0.717) is 13.1 Å². The average molecular weight is 271 g/mol. The Morgan fingerprint density at radius 3 is 2.68 bits per heavy atom. The van der Waals surface area contributed by atoms with Crippen molar-refractivity contribution in [3.63, 3.8) is 0 Å². The molecule has 2 fully saturated rings. The van der Waals surface area contributed by atoms with Gasteiger partial charge in [-0.1, -0.05) is 0 Å². The first-order valence-electron chi connectivity index (χ1n) is 6.17. The highest BCUT2D eigenvalue weighted by Crippen LogP contribution is 2.21. The van der Waals surface area contributed by atoms with E-state index in [1.54, 1.807) is 6.92 Å². The number of piperazine rings is 1. The molecule has 0 aromatic carbocycles. The van der Waals surface area contributed by atoms with E-state index in [0.717, 1.165) is 4.90 Å². The number of rotatable bonds is 1. The predicted octanol–water partition coefficient (Wildman–Crippen LogP) is -1.55. The molecule has 0 saturated carbocycles. The van der Waals surface area contributed by atoms with Crippen LogP contribution in [-0.2, 0) is 9.59 Å². The van der Waals surface area contributed by atoms with Gasteiger partial charge in [-0.2, -0.15) is 0 Å². The first-order valence-corrected chi connectivity index (χ1v) is 6.17. The monoisotopic (exact) mass is 271 g/mol. The number of hydrogen-bond acceptors (Lipinski definition) is 4. The molecule has 3 N–H and O–H groups in total. The van der Waals surface area contributed by atoms with E-state index in [9.17, 15) is 19.5 Å². The normalized spacial score (nSPS) is 31.3. The van der Waals surface area contributed by atoms with Crippen molar-refractivity contribution in [1.82, 2.24) is 15.1 Å². The van der Waals surface area contributed by atoms with Crippen LogP contribution in [0.25, 0.3) is 0 Å². The lowest BCUT2D eigenvalue weighted by Gasteiger charge is -2.36. The number of likely N-dealkylation sites (tertiary alicyclic amines) is 1. The number of nitrogens with zero attached hydrogens (tertiary/aromatic N) is 2. The number of nitrogens with one attached hydrogen (secondary N) is 1. The Kier molecular flexibility index (Phi) is 3.61. The van der Waals surface area contributed by atoms with Gasteiger partial charge in [0.05, 0.1) is 6.10 Å². The molecule has 2 aliphatic heterocycles. The molecule has 0 bridgehead atoms. The first kappa shape index (κ1) is 13.6. The van der Waals surface area contributed by atoms with Gasteiger partial charge in [0, 0.05) is 26.1 Å². The van der Waals surface area contributed by atoms with E-state index in [1.807, 2.05) is 0 Å². The van der Waals surface area contributed by atoms with Crippen molar-refractivity contribution in [3.05, 3.63) is 0 Å². The van der Waals surface area contributed by atoms with E-state index in [4.69, 9.17) is 5.11 Å². The van der Waals surface area contributed by atoms with Gasteiger partial charge in [-0.3, -0.25) is 4.79 Å². The second kappa shape index (κ2) is 5.04. The molecule has 0 aliphatic carbocycles. The van der Waals surface area contributed by atoms with Crippen LogP contribution < -0.4 is 5.32 Å². The molecule has 2 saturated heterocycles. The van der Waals surface area contributed by atoms with Gasteiger partial charge in [0.25, 0.3) is 0 Å². The van der Waals surface area contributed by atoms with Crippen LogP contribution in [0.3, 0.4) is 0 Å². The summed E-state index contributed by atoms with van der Waals surface area (Å²) >= 11 is 0. The van der Waals surface area contributed by atoms with Crippen LogP contribution >= 0.6 is 0 Å². The van der Waals surface area contributed by atoms with Crippen LogP contribution in [0, 0.1) is 0 Å². The molecule has 2 aliphatic rings. The van der Waals surface area contributed by atoms with E-state index in [1.165, 1.54) is 4.90 Å². The largest absolute Gasteiger partial charge is 0.480 e. The van der Waals surface area contributed by atoms with Crippen molar-refractivity contribution < 1.29 is 24.6 Å². The maximum atomic E-state index is 12.3. The standard InChI is InChI=1S/C11H17N3O5/c1-6-9(16)12-2-3-13(6)11(19)14-5-7(15)4-8(14)10(17)18/h6-8,15H,2-5H2,1H3,(H,12,16)(H,17,18)/t6?,7-,8+/m1/s1. The van der Waals surface area contributed by atoms with Gasteiger partial charge in [-0.15, -0.1) is 0 Å². The van der Waals surface area contributed by atoms with Crippen LogP contribution in [0.1, 0.15) is 13.3 Å². The molecule has 0 aromatic heterocycles. The fraction of sp³-hybridized carbons (Fsp3) is 0.727. The molecule has 3 amide bonds. The Hall–Kier alpha value is -1.83. The minimum absolute atomic E-state index is 0.0133. The summed E-state index contributed by atoms with van der Waals surface area (Å²) in [7, 11) is 0. The molecule has 19 heavy (non-hydrogen) atoms. The SMILES string of the molecule is CC1C(=O)NCCN1C(=O)N1C[C@H](O)C[C@H]1C(=O)O. The lowest BCUT2D eigenvalue weighted by molar-refractivity contribution is -0.141. The van der Waals surface area contributed by atoms with Crippen LogP contribution in [0.4, 0.5) is 4.79 Å². The first-order chi connectivity index (χ1) is 8.91. The van der Waals surface area contributed by atoms with Gasteiger partial charge in [0.1, 0.15) is 12.1 Å². The zero-order chi connectivity index (χ0) is 14.2. The van der Waals surface area contributed by atoms with Crippen LogP contribution in [0.15, 0.2) is 0 Å². The topological polar surface area (TPSA) is 110 Å². The molecular formula is C11H17N3O5. The highest BCUT2D eigenvalue weighted by atomic mass is 16.4. The Morgan fingerprint density at radius 2 is 2.05 bits per heavy atom. The Balaban J connectivity index is 2.14. The molecule has 0 aromatic rings. The average Bonchev–Trinajstić information content (AvgIpc) is 2.74. The molecule has 1 unspecified atom stereocenters. The van der Waals surface area contributed by atoms with Gasteiger partial charge in [0.15, 0.2) is 0 Å². The minimum Gasteiger partial charge on any atom is -0.480 e. The van der Waals surface area contributed by atoms with E-state index >= 15 is 0 Å². The summed E-state index contributed by atoms with van der Waals surface area (Å²) in [5, 5.41) is 21.2. The lowest BCUT2D eigenvalue weighted by Crippen LogP contribution is -2.60. The van der Waals surface area contributed by atoms with Crippen molar-refractivity contribution in [2.75, 3.05) is 19.6 Å². The highest BCUT2D eigenvalue weighted by Gasteiger charge is 2.42. The minimum atomic E-state index is -1.14. The summed E-state index contributed by atoms with van der Waals surface area (Å²) in [6.07, 6.45) is -0.811. The summed E-state index contributed by atoms with van der Waals surface area (Å²) in [6, 6.07) is -2.17. The number of carbonyl (C=O) groups is 3. The predicted molar refractivity (Wildman–Crippen MR) is 63.3 cm³/mol. The van der Waals surface area contributed by atoms with Gasteiger partial charge in [0.2, 0.25) is 5.91 Å². The number of hydrogen-bond donors (Lipinski definition) is 3. The quantitative estimate of drug-likeness (QED) is 0.534. The zero-order valence-electron chi connectivity index (χ0n) is 10.6. The molecule has 8 heteroatoms. The second-order valence-corrected chi connectivity index (χ2v) is 4.84. The molecule has 2 heterocycles. The summed E-state index contributed by atoms with van der Waals surface area (Å²) < 4.78 is 0. The van der Waals surface area contributed by atoms with Crippen molar-refractivity contribution in [1.29, 1.82) is 0 Å². The van der Waals surface area contributed by atoms with Crippen LogP contribution in [0.2, 0.25) is 0 Å². The van der Waals surface area contributed by atoms with Gasteiger partial charge < -0.3 is 25.3 Å². The number of aliphatic hydroxyl groups excluding tert-OH is 1. The Morgan fingerprint density at radius 1 is 1.37 bits per heavy atom. The molecule has 2 rings (SSSR count). The fourth-order valence-corrected chi connectivity index (χ4v) is 2.47. The van der Waals surface area contributed by atoms with Crippen molar-refractivity contribution in [2.45, 2.75) is 31.5 Å². The number of aliphatic hydroxyl groups is 1. The molecule has 0 spiro atoms. The molecule has 8 nitrogen and oxygen atoms in total. The van der Waals surface area contributed by atoms with E-state index < -0.39 is 30.2 Å². The van der Waals surface area contributed by atoms with Crippen LogP contribution in [-0.4, -0.2) is 75.7 Å². The number of β-amino-alcohol motifs (C(OH)–C–C–N with tert-alkyl or cyclic N) is 1. The van der Waals surface area contributed by atoms with E-state index in [2.05, 4.69) is 5.32 Å². The van der Waals surface area contributed by atoms with Crippen LogP contribution in [0.5, 0.6) is 0 Å². The van der Waals surface area contributed by atoms with E-state index in [-0.39, 0.29) is 18.9 Å². The second-order valence-electron chi connectivity index (χ2n) is 4.84. The number of carboxylic acid groups (broad SMARTS) is 1. The number of carbonyl (C=O) groups excluding carboxylic acids is 2. The summed E-state index contributed by atoms with van der Waals surface area (Å²) in [5.41, 5.74) is 0. The number of carboxylic acids is 1. The maximum absolute atomic E-state index is 12.3. The summed E-state index contributed by atoms with van der Waals surface area (Å²) in [6.45, 7) is 2.27. The summed E-state index contributed by atoms with van der Waals surface area (Å²) in [4.78, 5) is 37.4. The summed E-state index contributed by atoms with van der Waals surface area (Å²) in [5.74, 6) is -1.40.